The number of carbonyl (C=O) groups is 1. The second-order valence-corrected chi connectivity index (χ2v) is 7.31. The van der Waals surface area contributed by atoms with Gasteiger partial charge in [-0.3, -0.25) is 4.79 Å². The molecule has 1 aliphatic rings. The second-order valence-electron chi connectivity index (χ2n) is 5.07. The Hall–Kier alpha value is -1.06. The topological polar surface area (TPSA) is 17.1 Å². The Morgan fingerprint density at radius 1 is 1.11 bits per heavy atom. The van der Waals surface area contributed by atoms with Gasteiger partial charge in [-0.15, -0.1) is 11.3 Å². The molecular formula is C16H16OS2. The van der Waals surface area contributed by atoms with Gasteiger partial charge in [0.05, 0.1) is 4.88 Å². The molecule has 1 aliphatic heterocycles. The highest BCUT2D eigenvalue weighted by Crippen LogP contribution is 2.32. The number of hydrogen-bond acceptors (Lipinski definition) is 3. The minimum absolute atomic E-state index is 0.177. The molecule has 3 rings (SSSR count). The van der Waals surface area contributed by atoms with E-state index < -0.39 is 0 Å². The molecule has 0 N–H and O–H groups in total. The van der Waals surface area contributed by atoms with Gasteiger partial charge in [-0.05, 0) is 49.8 Å². The summed E-state index contributed by atoms with van der Waals surface area (Å²) in [6.45, 7) is 4.08. The van der Waals surface area contributed by atoms with Crippen LogP contribution in [0.1, 0.15) is 36.8 Å². The number of rotatable bonds is 2. The number of carbonyl (C=O) groups excluding carboxylic acids is 1. The first-order valence-electron chi connectivity index (χ1n) is 6.46. The summed E-state index contributed by atoms with van der Waals surface area (Å²) in [6.07, 6.45) is 1.12. The maximum absolute atomic E-state index is 12.6. The third-order valence-electron chi connectivity index (χ3n) is 3.34. The molecule has 19 heavy (non-hydrogen) atoms. The highest BCUT2D eigenvalue weighted by atomic mass is 32.2. The van der Waals surface area contributed by atoms with Gasteiger partial charge in [-0.2, -0.15) is 11.8 Å². The fraction of sp³-hybridized carbons (Fsp3) is 0.312. The van der Waals surface area contributed by atoms with Gasteiger partial charge in [-0.1, -0.05) is 17.2 Å². The van der Waals surface area contributed by atoms with Crippen LogP contribution in [0.4, 0.5) is 0 Å². The van der Waals surface area contributed by atoms with E-state index in [2.05, 4.69) is 12.1 Å². The summed E-state index contributed by atoms with van der Waals surface area (Å²) in [7, 11) is 0. The van der Waals surface area contributed by atoms with E-state index in [1.54, 1.807) is 11.3 Å². The highest BCUT2D eigenvalue weighted by molar-refractivity contribution is 7.98. The lowest BCUT2D eigenvalue weighted by Gasteiger charge is -2.08. The van der Waals surface area contributed by atoms with Crippen LogP contribution in [0, 0.1) is 13.8 Å². The lowest BCUT2D eigenvalue weighted by molar-refractivity contribution is 0.104. The van der Waals surface area contributed by atoms with Gasteiger partial charge in [0.15, 0.2) is 0 Å². The monoisotopic (exact) mass is 288 g/mol. The van der Waals surface area contributed by atoms with E-state index in [0.29, 0.717) is 0 Å². The predicted molar refractivity (Wildman–Crippen MR) is 83.5 cm³/mol. The molecule has 0 atom stereocenters. The standard InChI is InChI=1S/C16H16OS2/c1-10-5-11(2)7-12(6-10)16(17)15-8-13-9-18-4-3-14(13)19-15/h5-8H,3-4,9H2,1-2H3. The maximum Gasteiger partial charge on any atom is 0.202 e. The Morgan fingerprint density at radius 2 is 1.84 bits per heavy atom. The Bertz CT molecular complexity index is 596. The molecule has 0 radical (unpaired) electrons. The summed E-state index contributed by atoms with van der Waals surface area (Å²) >= 11 is 3.65. The molecule has 1 nitrogen and oxygen atoms in total. The molecule has 0 aliphatic carbocycles. The molecule has 0 amide bonds. The SMILES string of the molecule is Cc1cc(C)cc(C(=O)c2cc3c(s2)CCSC3)c1. The summed E-state index contributed by atoms with van der Waals surface area (Å²) in [6, 6.07) is 8.19. The van der Waals surface area contributed by atoms with Crippen LogP contribution >= 0.6 is 23.1 Å². The normalized spacial score (nSPS) is 14.2. The van der Waals surface area contributed by atoms with Crippen molar-refractivity contribution in [1.29, 1.82) is 0 Å². The molecule has 0 unspecified atom stereocenters. The van der Waals surface area contributed by atoms with Crippen molar-refractivity contribution < 1.29 is 4.79 Å². The van der Waals surface area contributed by atoms with Crippen molar-refractivity contribution in [3.05, 3.63) is 56.3 Å². The molecule has 2 aromatic rings. The molecule has 98 valence electrons. The van der Waals surface area contributed by atoms with Crippen LogP contribution in [-0.4, -0.2) is 11.5 Å². The van der Waals surface area contributed by atoms with Crippen molar-refractivity contribution in [2.24, 2.45) is 0 Å². The van der Waals surface area contributed by atoms with Gasteiger partial charge < -0.3 is 0 Å². The van der Waals surface area contributed by atoms with Crippen LogP contribution in [0.5, 0.6) is 0 Å². The third-order valence-corrected chi connectivity index (χ3v) is 5.58. The van der Waals surface area contributed by atoms with Gasteiger partial charge in [-0.25, -0.2) is 0 Å². The fourth-order valence-corrected chi connectivity index (χ4v) is 4.84. The van der Waals surface area contributed by atoms with E-state index in [0.717, 1.165) is 33.7 Å². The number of thiophene rings is 1. The summed E-state index contributed by atoms with van der Waals surface area (Å²) in [5.41, 5.74) is 4.50. The lowest BCUT2D eigenvalue weighted by atomic mass is 10.0. The van der Waals surface area contributed by atoms with Crippen LogP contribution in [0.25, 0.3) is 0 Å². The zero-order valence-corrected chi connectivity index (χ0v) is 12.8. The average molecular weight is 288 g/mol. The van der Waals surface area contributed by atoms with Crippen molar-refractivity contribution in [2.75, 3.05) is 5.75 Å². The first kappa shape index (κ1) is 12.9. The van der Waals surface area contributed by atoms with E-state index >= 15 is 0 Å². The van der Waals surface area contributed by atoms with Crippen LogP contribution in [-0.2, 0) is 12.2 Å². The number of aryl methyl sites for hydroxylation is 3. The van der Waals surface area contributed by atoms with E-state index in [1.807, 2.05) is 37.7 Å². The third kappa shape index (κ3) is 2.63. The van der Waals surface area contributed by atoms with E-state index in [1.165, 1.54) is 16.2 Å². The first-order chi connectivity index (χ1) is 9.13. The number of fused-ring (bicyclic) bond motifs is 1. The van der Waals surface area contributed by atoms with Crippen molar-refractivity contribution in [3.63, 3.8) is 0 Å². The van der Waals surface area contributed by atoms with Crippen LogP contribution in [0.2, 0.25) is 0 Å². The lowest BCUT2D eigenvalue weighted by Crippen LogP contribution is -1.99. The number of hydrogen-bond donors (Lipinski definition) is 0. The van der Waals surface area contributed by atoms with Gasteiger partial charge in [0, 0.05) is 16.2 Å². The molecule has 1 aromatic carbocycles. The van der Waals surface area contributed by atoms with Crippen molar-refractivity contribution in [2.45, 2.75) is 26.0 Å². The summed E-state index contributed by atoms with van der Waals surface area (Å²) < 4.78 is 0. The molecule has 0 fully saturated rings. The highest BCUT2D eigenvalue weighted by Gasteiger charge is 2.18. The largest absolute Gasteiger partial charge is 0.288 e. The Balaban J connectivity index is 1.97. The molecule has 3 heteroatoms. The quantitative estimate of drug-likeness (QED) is 0.763. The minimum atomic E-state index is 0.177. The maximum atomic E-state index is 12.6. The van der Waals surface area contributed by atoms with E-state index in [-0.39, 0.29) is 5.78 Å². The number of benzene rings is 1. The predicted octanol–water partition coefficient (Wildman–Crippen LogP) is 4.39. The van der Waals surface area contributed by atoms with Crippen LogP contribution < -0.4 is 0 Å². The molecular weight excluding hydrogens is 272 g/mol. The van der Waals surface area contributed by atoms with Crippen LogP contribution in [0.15, 0.2) is 24.3 Å². The molecule has 2 heterocycles. The van der Waals surface area contributed by atoms with E-state index in [9.17, 15) is 4.79 Å². The fourth-order valence-electron chi connectivity index (χ4n) is 2.51. The van der Waals surface area contributed by atoms with Gasteiger partial charge >= 0.3 is 0 Å². The van der Waals surface area contributed by atoms with Crippen LogP contribution in [0.3, 0.4) is 0 Å². The minimum Gasteiger partial charge on any atom is -0.288 e. The Kier molecular flexibility index (Phi) is 3.50. The van der Waals surface area contributed by atoms with E-state index in [4.69, 9.17) is 0 Å². The number of ketones is 1. The molecule has 0 spiro atoms. The van der Waals surface area contributed by atoms with Crippen molar-refractivity contribution in [3.8, 4) is 0 Å². The summed E-state index contributed by atoms with van der Waals surface area (Å²) in [5.74, 6) is 2.42. The van der Waals surface area contributed by atoms with Gasteiger partial charge in [0.2, 0.25) is 5.78 Å². The van der Waals surface area contributed by atoms with Gasteiger partial charge in [0.1, 0.15) is 0 Å². The molecule has 0 saturated heterocycles. The van der Waals surface area contributed by atoms with Crippen molar-refractivity contribution in [1.82, 2.24) is 0 Å². The molecule has 1 aromatic heterocycles. The summed E-state index contributed by atoms with van der Waals surface area (Å²) in [4.78, 5) is 14.9. The number of thioether (sulfide) groups is 1. The average Bonchev–Trinajstić information content (AvgIpc) is 2.80. The second kappa shape index (κ2) is 5.14. The Labute approximate surface area is 122 Å². The molecule has 0 saturated carbocycles. The van der Waals surface area contributed by atoms with Crippen molar-refractivity contribution >= 4 is 28.9 Å². The smallest absolute Gasteiger partial charge is 0.202 e. The molecule has 0 bridgehead atoms. The Morgan fingerprint density at radius 3 is 2.53 bits per heavy atom. The first-order valence-corrected chi connectivity index (χ1v) is 8.43. The van der Waals surface area contributed by atoms with Gasteiger partial charge in [0.25, 0.3) is 0 Å². The zero-order chi connectivity index (χ0) is 13.4. The summed E-state index contributed by atoms with van der Waals surface area (Å²) in [5, 5.41) is 0. The zero-order valence-electron chi connectivity index (χ0n) is 11.2.